The lowest BCUT2D eigenvalue weighted by atomic mass is 10.1. The first-order chi connectivity index (χ1) is 9.09. The van der Waals surface area contributed by atoms with Crippen LogP contribution in [0, 0.1) is 0 Å². The molecule has 0 spiro atoms. The molecule has 1 N–H and O–H groups in total. The molecular weight excluding hydrogens is 263 g/mol. The van der Waals surface area contributed by atoms with E-state index in [0.29, 0.717) is 26.1 Å². The highest BCUT2D eigenvalue weighted by Crippen LogP contribution is 2.48. The highest BCUT2D eigenvalue weighted by Gasteiger charge is 2.24. The predicted molar refractivity (Wildman–Crippen MR) is 76.5 cm³/mol. The molecule has 1 unspecified atom stereocenters. The molecule has 1 rings (SSSR count). The Balaban J connectivity index is 2.43. The van der Waals surface area contributed by atoms with Crippen LogP contribution in [0.25, 0.3) is 0 Å². The normalized spacial score (nSPS) is 13.4. The summed E-state index contributed by atoms with van der Waals surface area (Å²) in [5.74, 6) is 0. The van der Waals surface area contributed by atoms with Gasteiger partial charge < -0.3 is 14.2 Å². The van der Waals surface area contributed by atoms with E-state index >= 15 is 0 Å². The largest absolute Gasteiger partial charge is 0.393 e. The van der Waals surface area contributed by atoms with Gasteiger partial charge in [-0.25, -0.2) is 0 Å². The molecule has 0 bridgehead atoms. The van der Waals surface area contributed by atoms with Gasteiger partial charge in [0.25, 0.3) is 0 Å². The van der Waals surface area contributed by atoms with Crippen molar-refractivity contribution < 1.29 is 18.7 Å². The number of aliphatic hydroxyl groups is 1. The van der Waals surface area contributed by atoms with Crippen LogP contribution in [0.2, 0.25) is 0 Å². The van der Waals surface area contributed by atoms with Crippen molar-refractivity contribution in [1.29, 1.82) is 0 Å². The molecule has 0 aliphatic carbocycles. The zero-order valence-electron chi connectivity index (χ0n) is 11.6. The summed E-state index contributed by atoms with van der Waals surface area (Å²) in [5.41, 5.74) is 1.07. The fraction of sp³-hybridized carbons (Fsp3) is 0.571. The fourth-order valence-electron chi connectivity index (χ4n) is 1.86. The number of hydrogen-bond acceptors (Lipinski definition) is 4. The summed E-state index contributed by atoms with van der Waals surface area (Å²) in [6.07, 6.45) is 0.685. The van der Waals surface area contributed by atoms with Gasteiger partial charge in [-0.1, -0.05) is 30.3 Å². The second-order valence-electron chi connectivity index (χ2n) is 4.30. The van der Waals surface area contributed by atoms with E-state index in [1.165, 1.54) is 0 Å². The summed E-state index contributed by atoms with van der Waals surface area (Å²) >= 11 is 0. The van der Waals surface area contributed by atoms with Gasteiger partial charge in [0.2, 0.25) is 0 Å². The molecule has 0 fully saturated rings. The van der Waals surface area contributed by atoms with E-state index in [1.807, 2.05) is 30.3 Å². The Labute approximate surface area is 115 Å². The quantitative estimate of drug-likeness (QED) is 0.708. The van der Waals surface area contributed by atoms with Gasteiger partial charge in [0, 0.05) is 0 Å². The molecule has 0 aromatic heterocycles. The Bertz CT molecular complexity index is 384. The molecule has 0 heterocycles. The van der Waals surface area contributed by atoms with Gasteiger partial charge in [0.15, 0.2) is 0 Å². The van der Waals surface area contributed by atoms with E-state index in [2.05, 4.69) is 0 Å². The monoisotopic (exact) mass is 286 g/mol. The smallest absolute Gasteiger partial charge is 0.330 e. The van der Waals surface area contributed by atoms with Crippen LogP contribution in [-0.2, 0) is 20.0 Å². The SMILES string of the molecule is CCOP(=O)(CCC(O)Cc1ccccc1)OCC. The molecule has 1 aromatic rings. The van der Waals surface area contributed by atoms with Crippen molar-refractivity contribution in [1.82, 2.24) is 0 Å². The van der Waals surface area contributed by atoms with E-state index in [0.717, 1.165) is 5.56 Å². The van der Waals surface area contributed by atoms with Gasteiger partial charge in [0.05, 0.1) is 25.5 Å². The summed E-state index contributed by atoms with van der Waals surface area (Å²) in [5, 5.41) is 9.97. The predicted octanol–water partition coefficient (Wildman–Crippen LogP) is 3.25. The standard InChI is InChI=1S/C14H23O4P/c1-3-17-19(16,18-4-2)11-10-14(15)12-13-8-6-5-7-9-13/h5-9,14-15H,3-4,10-12H2,1-2H3. The fourth-order valence-corrected chi connectivity index (χ4v) is 3.59. The van der Waals surface area contributed by atoms with Crippen molar-refractivity contribution in [2.45, 2.75) is 32.8 Å². The third kappa shape index (κ3) is 6.35. The van der Waals surface area contributed by atoms with Crippen LogP contribution >= 0.6 is 7.60 Å². The van der Waals surface area contributed by atoms with Gasteiger partial charge in [-0.2, -0.15) is 0 Å². The number of hydrogen-bond donors (Lipinski definition) is 1. The Hall–Kier alpha value is -0.670. The van der Waals surface area contributed by atoms with Gasteiger partial charge in [-0.3, -0.25) is 4.57 Å². The molecular formula is C14H23O4P. The maximum Gasteiger partial charge on any atom is 0.330 e. The van der Waals surface area contributed by atoms with Gasteiger partial charge >= 0.3 is 7.60 Å². The Kier molecular flexibility index (Phi) is 7.32. The summed E-state index contributed by atoms with van der Waals surface area (Å²) < 4.78 is 22.6. The maximum absolute atomic E-state index is 12.2. The maximum atomic E-state index is 12.2. The van der Waals surface area contributed by atoms with Crippen LogP contribution in [0.4, 0.5) is 0 Å². The molecule has 5 heteroatoms. The van der Waals surface area contributed by atoms with Crippen molar-refractivity contribution in [3.63, 3.8) is 0 Å². The molecule has 0 aliphatic heterocycles. The Morgan fingerprint density at radius 2 is 1.74 bits per heavy atom. The molecule has 0 radical (unpaired) electrons. The zero-order chi connectivity index (χ0) is 14.1. The van der Waals surface area contributed by atoms with Crippen LogP contribution in [0.5, 0.6) is 0 Å². The molecule has 0 saturated heterocycles. The van der Waals surface area contributed by atoms with Gasteiger partial charge in [-0.15, -0.1) is 0 Å². The molecule has 1 atom stereocenters. The molecule has 1 aromatic carbocycles. The van der Waals surface area contributed by atoms with Crippen LogP contribution in [0.15, 0.2) is 30.3 Å². The molecule has 19 heavy (non-hydrogen) atoms. The lowest BCUT2D eigenvalue weighted by Crippen LogP contribution is -2.14. The summed E-state index contributed by atoms with van der Waals surface area (Å²) in [7, 11) is -3.04. The first-order valence-electron chi connectivity index (χ1n) is 6.69. The minimum absolute atomic E-state index is 0.253. The highest BCUT2D eigenvalue weighted by atomic mass is 31.2. The molecule has 0 amide bonds. The van der Waals surface area contributed by atoms with Crippen molar-refractivity contribution in [3.05, 3.63) is 35.9 Å². The van der Waals surface area contributed by atoms with E-state index in [-0.39, 0.29) is 6.16 Å². The first-order valence-corrected chi connectivity index (χ1v) is 8.42. The summed E-state index contributed by atoms with van der Waals surface area (Å²) in [6.45, 7) is 4.27. The van der Waals surface area contributed by atoms with Crippen LogP contribution in [0.1, 0.15) is 25.8 Å². The molecule has 4 nitrogen and oxygen atoms in total. The second-order valence-corrected chi connectivity index (χ2v) is 6.49. The number of benzene rings is 1. The molecule has 0 saturated carbocycles. The van der Waals surface area contributed by atoms with E-state index in [1.54, 1.807) is 13.8 Å². The summed E-state index contributed by atoms with van der Waals surface area (Å²) in [4.78, 5) is 0. The first kappa shape index (κ1) is 16.4. The van der Waals surface area contributed by atoms with Crippen molar-refractivity contribution in [3.8, 4) is 0 Å². The third-order valence-corrected chi connectivity index (χ3v) is 4.81. The van der Waals surface area contributed by atoms with E-state index < -0.39 is 13.7 Å². The average Bonchev–Trinajstić information content (AvgIpc) is 2.38. The molecule has 108 valence electrons. The highest BCUT2D eigenvalue weighted by molar-refractivity contribution is 7.53. The van der Waals surface area contributed by atoms with Crippen LogP contribution in [0.3, 0.4) is 0 Å². The van der Waals surface area contributed by atoms with E-state index in [9.17, 15) is 9.67 Å². The lowest BCUT2D eigenvalue weighted by molar-refractivity contribution is 0.163. The van der Waals surface area contributed by atoms with Crippen LogP contribution < -0.4 is 0 Å². The average molecular weight is 286 g/mol. The van der Waals surface area contributed by atoms with Gasteiger partial charge in [0.1, 0.15) is 0 Å². The Morgan fingerprint density at radius 1 is 1.16 bits per heavy atom. The second kappa shape index (κ2) is 8.49. The van der Waals surface area contributed by atoms with Crippen molar-refractivity contribution in [2.75, 3.05) is 19.4 Å². The number of aliphatic hydroxyl groups excluding tert-OH is 1. The topological polar surface area (TPSA) is 55.8 Å². The lowest BCUT2D eigenvalue weighted by Gasteiger charge is -2.18. The minimum atomic E-state index is -3.04. The Morgan fingerprint density at radius 3 is 2.26 bits per heavy atom. The minimum Gasteiger partial charge on any atom is -0.393 e. The van der Waals surface area contributed by atoms with Gasteiger partial charge in [-0.05, 0) is 32.3 Å². The van der Waals surface area contributed by atoms with E-state index in [4.69, 9.17) is 9.05 Å². The summed E-state index contributed by atoms with van der Waals surface area (Å²) in [6, 6.07) is 9.75. The molecule has 0 aliphatic rings. The number of rotatable bonds is 9. The zero-order valence-corrected chi connectivity index (χ0v) is 12.5. The van der Waals surface area contributed by atoms with Crippen LogP contribution in [-0.4, -0.2) is 30.6 Å². The van der Waals surface area contributed by atoms with Crippen molar-refractivity contribution in [2.24, 2.45) is 0 Å². The third-order valence-electron chi connectivity index (χ3n) is 2.70. The van der Waals surface area contributed by atoms with Crippen molar-refractivity contribution >= 4 is 7.60 Å².